The summed E-state index contributed by atoms with van der Waals surface area (Å²) in [6, 6.07) is 0. The number of ketones is 1. The standard InChI is InChI=1S/C17H34O3.C17H32O3/c2*1-4-5-6-7-8-9-11-15(18)12-10-13-16-14-19-17(2,3)20-16/h15-16,18H,4-14H2,1-3H3;16H,4-14H2,1-3H3. The minimum atomic E-state index is -0.437. The molecule has 0 bridgehead atoms. The summed E-state index contributed by atoms with van der Waals surface area (Å²) in [6.07, 6.45) is 22.7. The van der Waals surface area contributed by atoms with Crippen molar-refractivity contribution in [2.75, 3.05) is 13.2 Å². The molecular weight excluding hydrogens is 504 g/mol. The Hall–Kier alpha value is -0.530. The van der Waals surface area contributed by atoms with Crippen molar-refractivity contribution >= 4 is 5.78 Å². The number of Topliss-reactive ketones (excluding diaryl/α,β-unsaturated/α-hetero) is 1. The van der Waals surface area contributed by atoms with Crippen LogP contribution >= 0.6 is 0 Å². The third-order valence-corrected chi connectivity index (χ3v) is 7.88. The van der Waals surface area contributed by atoms with Gasteiger partial charge >= 0.3 is 0 Å². The van der Waals surface area contributed by atoms with Crippen molar-refractivity contribution in [3.8, 4) is 0 Å². The van der Waals surface area contributed by atoms with Crippen LogP contribution in [0.15, 0.2) is 0 Å². The number of hydrogen-bond donors (Lipinski definition) is 1. The maximum absolute atomic E-state index is 11.8. The summed E-state index contributed by atoms with van der Waals surface area (Å²) in [5.41, 5.74) is 0. The van der Waals surface area contributed by atoms with Crippen molar-refractivity contribution in [1.29, 1.82) is 0 Å². The lowest BCUT2D eigenvalue weighted by Crippen LogP contribution is -2.21. The molecule has 0 aromatic carbocycles. The van der Waals surface area contributed by atoms with Gasteiger partial charge in [0.25, 0.3) is 0 Å². The van der Waals surface area contributed by atoms with Gasteiger partial charge < -0.3 is 24.1 Å². The molecule has 2 saturated heterocycles. The van der Waals surface area contributed by atoms with E-state index in [0.29, 0.717) is 25.4 Å². The first-order valence-electron chi connectivity index (χ1n) is 16.9. The predicted octanol–water partition coefficient (Wildman–Crippen LogP) is 9.05. The molecule has 0 radical (unpaired) electrons. The van der Waals surface area contributed by atoms with Crippen LogP contribution in [0.5, 0.6) is 0 Å². The van der Waals surface area contributed by atoms with E-state index in [1.807, 2.05) is 27.7 Å². The second kappa shape index (κ2) is 22.1. The predicted molar refractivity (Wildman–Crippen MR) is 165 cm³/mol. The summed E-state index contributed by atoms with van der Waals surface area (Å²) in [5.74, 6) is -0.437. The molecule has 2 rings (SSSR count). The van der Waals surface area contributed by atoms with E-state index >= 15 is 0 Å². The second-order valence-corrected chi connectivity index (χ2v) is 13.0. The first kappa shape index (κ1) is 37.5. The van der Waals surface area contributed by atoms with E-state index in [-0.39, 0.29) is 18.3 Å². The Kier molecular flexibility index (Phi) is 20.7. The lowest BCUT2D eigenvalue weighted by atomic mass is 10.0. The van der Waals surface area contributed by atoms with Gasteiger partial charge in [-0.1, -0.05) is 84.5 Å². The third kappa shape index (κ3) is 20.4. The van der Waals surface area contributed by atoms with Crippen molar-refractivity contribution in [3.63, 3.8) is 0 Å². The Morgan fingerprint density at radius 1 is 0.650 bits per heavy atom. The average molecular weight is 571 g/mol. The van der Waals surface area contributed by atoms with Crippen LogP contribution in [0.2, 0.25) is 0 Å². The van der Waals surface area contributed by atoms with Gasteiger partial charge in [-0.25, -0.2) is 0 Å². The Morgan fingerprint density at radius 3 is 1.57 bits per heavy atom. The molecule has 0 spiro atoms. The monoisotopic (exact) mass is 570 g/mol. The van der Waals surface area contributed by atoms with Crippen LogP contribution in [0.3, 0.4) is 0 Å². The number of hydrogen-bond acceptors (Lipinski definition) is 6. The summed E-state index contributed by atoms with van der Waals surface area (Å²) >= 11 is 0. The summed E-state index contributed by atoms with van der Waals surface area (Å²) in [6.45, 7) is 13.6. The number of aliphatic hydroxyl groups is 1. The molecule has 0 amide bonds. The summed E-state index contributed by atoms with van der Waals surface area (Å²) in [4.78, 5) is 11.8. The molecule has 238 valence electrons. The van der Waals surface area contributed by atoms with Gasteiger partial charge in [-0.15, -0.1) is 0 Å². The molecule has 40 heavy (non-hydrogen) atoms. The molecule has 2 aliphatic rings. The fraction of sp³-hybridized carbons (Fsp3) is 0.971. The van der Waals surface area contributed by atoms with Crippen LogP contribution in [0.25, 0.3) is 0 Å². The number of unbranched alkanes of at least 4 members (excludes halogenated alkanes) is 10. The number of rotatable bonds is 22. The third-order valence-electron chi connectivity index (χ3n) is 7.88. The van der Waals surface area contributed by atoms with Crippen molar-refractivity contribution in [2.24, 2.45) is 0 Å². The van der Waals surface area contributed by atoms with E-state index in [1.54, 1.807) is 0 Å². The highest BCUT2D eigenvalue weighted by Gasteiger charge is 2.33. The van der Waals surface area contributed by atoms with Crippen molar-refractivity contribution in [2.45, 2.75) is 200 Å². The molecule has 0 aliphatic carbocycles. The van der Waals surface area contributed by atoms with Crippen LogP contribution < -0.4 is 0 Å². The first-order valence-corrected chi connectivity index (χ1v) is 16.9. The molecule has 6 heteroatoms. The Morgan fingerprint density at radius 2 is 1.07 bits per heavy atom. The maximum atomic E-state index is 11.8. The maximum Gasteiger partial charge on any atom is 0.163 e. The van der Waals surface area contributed by atoms with E-state index in [2.05, 4.69) is 13.8 Å². The highest BCUT2D eigenvalue weighted by molar-refractivity contribution is 5.78. The van der Waals surface area contributed by atoms with Crippen LogP contribution in [0, 0.1) is 0 Å². The van der Waals surface area contributed by atoms with Gasteiger partial charge in [-0.2, -0.15) is 0 Å². The van der Waals surface area contributed by atoms with Gasteiger partial charge in [0.15, 0.2) is 11.6 Å². The molecule has 2 fully saturated rings. The van der Waals surface area contributed by atoms with Gasteiger partial charge in [-0.3, -0.25) is 4.79 Å². The molecule has 0 aromatic rings. The zero-order chi connectivity index (χ0) is 29.7. The molecule has 2 heterocycles. The number of carbonyl (C=O) groups is 1. The van der Waals surface area contributed by atoms with E-state index in [0.717, 1.165) is 51.4 Å². The zero-order valence-electron chi connectivity index (χ0n) is 27.3. The summed E-state index contributed by atoms with van der Waals surface area (Å²) in [5, 5.41) is 9.96. The van der Waals surface area contributed by atoms with Crippen LogP contribution in [0.1, 0.15) is 170 Å². The van der Waals surface area contributed by atoms with Crippen molar-refractivity contribution in [3.05, 3.63) is 0 Å². The second-order valence-electron chi connectivity index (χ2n) is 13.0. The fourth-order valence-corrected chi connectivity index (χ4v) is 5.45. The molecular formula is C34H66O6. The van der Waals surface area contributed by atoms with Gasteiger partial charge in [0.1, 0.15) is 5.78 Å². The van der Waals surface area contributed by atoms with Crippen LogP contribution in [-0.4, -0.2) is 54.0 Å². The quantitative estimate of drug-likeness (QED) is 0.131. The van der Waals surface area contributed by atoms with Crippen LogP contribution in [0.4, 0.5) is 0 Å². The van der Waals surface area contributed by atoms with E-state index < -0.39 is 11.6 Å². The van der Waals surface area contributed by atoms with Gasteiger partial charge in [0.05, 0.1) is 31.5 Å². The minimum absolute atomic E-state index is 0.128. The van der Waals surface area contributed by atoms with E-state index in [4.69, 9.17) is 18.9 Å². The first-order chi connectivity index (χ1) is 19.1. The number of ether oxygens (including phenoxy) is 4. The Labute approximate surface area is 247 Å². The molecule has 0 saturated carbocycles. The average Bonchev–Trinajstić information content (AvgIpc) is 3.43. The number of carbonyl (C=O) groups excluding carboxylic acids is 1. The Bertz CT molecular complexity index is 620. The van der Waals surface area contributed by atoms with Crippen molar-refractivity contribution < 1.29 is 28.8 Å². The van der Waals surface area contributed by atoms with Crippen molar-refractivity contribution in [1.82, 2.24) is 0 Å². The molecule has 2 aliphatic heterocycles. The summed E-state index contributed by atoms with van der Waals surface area (Å²) in [7, 11) is 0. The molecule has 3 atom stereocenters. The van der Waals surface area contributed by atoms with Gasteiger partial charge in [0, 0.05) is 12.8 Å². The minimum Gasteiger partial charge on any atom is -0.393 e. The SMILES string of the molecule is CCCCCCCCC(=O)CCCC1COC(C)(C)O1.CCCCCCCCC(O)CCCC1COC(C)(C)O1. The largest absolute Gasteiger partial charge is 0.393 e. The Balaban J connectivity index is 0.000000400. The van der Waals surface area contributed by atoms with Gasteiger partial charge in [-0.05, 0) is 72.6 Å². The normalized spacial score (nSPS) is 22.2. The van der Waals surface area contributed by atoms with E-state index in [1.165, 1.54) is 70.6 Å². The zero-order valence-corrected chi connectivity index (χ0v) is 27.3. The summed E-state index contributed by atoms with van der Waals surface area (Å²) < 4.78 is 22.5. The number of aliphatic hydroxyl groups excluding tert-OH is 1. The van der Waals surface area contributed by atoms with E-state index in [9.17, 15) is 9.90 Å². The molecule has 0 aromatic heterocycles. The molecule has 3 unspecified atom stereocenters. The smallest absolute Gasteiger partial charge is 0.163 e. The van der Waals surface area contributed by atoms with Crippen LogP contribution in [-0.2, 0) is 23.7 Å². The molecule has 1 N–H and O–H groups in total. The van der Waals surface area contributed by atoms with Gasteiger partial charge in [0.2, 0.25) is 0 Å². The molecule has 6 nitrogen and oxygen atoms in total. The highest BCUT2D eigenvalue weighted by atomic mass is 16.7. The lowest BCUT2D eigenvalue weighted by Gasteiger charge is -2.17. The lowest BCUT2D eigenvalue weighted by molar-refractivity contribution is -0.139. The fourth-order valence-electron chi connectivity index (χ4n) is 5.45. The topological polar surface area (TPSA) is 74.2 Å². The highest BCUT2D eigenvalue weighted by Crippen LogP contribution is 2.26.